The SMILES string of the molecule is Fc1ccc(CO/N=[C]\c2cccc(Cl)c2)cc1. The average Bonchev–Trinajstić information content (AvgIpc) is 2.37. The van der Waals surface area contributed by atoms with Gasteiger partial charge in [0.2, 0.25) is 0 Å². The van der Waals surface area contributed by atoms with Crippen molar-refractivity contribution in [2.24, 2.45) is 5.16 Å². The van der Waals surface area contributed by atoms with Crippen LogP contribution < -0.4 is 0 Å². The topological polar surface area (TPSA) is 21.6 Å². The fraction of sp³-hybridized carbons (Fsp3) is 0.0714. The van der Waals surface area contributed by atoms with Gasteiger partial charge in [-0.25, -0.2) is 4.39 Å². The van der Waals surface area contributed by atoms with Crippen LogP contribution in [0.25, 0.3) is 0 Å². The van der Waals surface area contributed by atoms with Gasteiger partial charge in [-0.05, 0) is 29.8 Å². The van der Waals surface area contributed by atoms with Crippen LogP contribution in [0.15, 0.2) is 53.7 Å². The smallest absolute Gasteiger partial charge is 0.142 e. The molecule has 0 aromatic heterocycles. The van der Waals surface area contributed by atoms with Crippen molar-refractivity contribution >= 4 is 17.8 Å². The maximum Gasteiger partial charge on any atom is 0.142 e. The second kappa shape index (κ2) is 6.17. The van der Waals surface area contributed by atoms with Crippen LogP contribution in [0.4, 0.5) is 4.39 Å². The minimum Gasteiger partial charge on any atom is -0.390 e. The first kappa shape index (κ1) is 12.6. The van der Waals surface area contributed by atoms with E-state index in [1.165, 1.54) is 12.1 Å². The molecule has 0 spiro atoms. The predicted octanol–water partition coefficient (Wildman–Crippen LogP) is 3.91. The molecule has 2 rings (SSSR count). The van der Waals surface area contributed by atoms with Crippen LogP contribution in [-0.4, -0.2) is 6.21 Å². The molecular formula is C14H10ClFNO. The van der Waals surface area contributed by atoms with Crippen LogP contribution in [0.3, 0.4) is 0 Å². The molecule has 0 N–H and O–H groups in total. The molecule has 0 unspecified atom stereocenters. The molecular weight excluding hydrogens is 253 g/mol. The average molecular weight is 263 g/mol. The highest BCUT2D eigenvalue weighted by Gasteiger charge is 1.94. The molecule has 0 saturated heterocycles. The van der Waals surface area contributed by atoms with Crippen molar-refractivity contribution in [2.75, 3.05) is 0 Å². The summed E-state index contributed by atoms with van der Waals surface area (Å²) in [7, 11) is 0. The molecule has 0 atom stereocenters. The summed E-state index contributed by atoms with van der Waals surface area (Å²) in [4.78, 5) is 5.05. The maximum absolute atomic E-state index is 12.6. The fourth-order valence-electron chi connectivity index (χ4n) is 1.33. The Kier molecular flexibility index (Phi) is 4.31. The highest BCUT2D eigenvalue weighted by molar-refractivity contribution is 6.30. The third-order valence-electron chi connectivity index (χ3n) is 2.21. The van der Waals surface area contributed by atoms with Crippen LogP contribution in [0.2, 0.25) is 5.02 Å². The van der Waals surface area contributed by atoms with E-state index in [-0.39, 0.29) is 12.4 Å². The summed E-state index contributed by atoms with van der Waals surface area (Å²) in [6, 6.07) is 13.2. The quantitative estimate of drug-likeness (QED) is 0.605. The lowest BCUT2D eigenvalue weighted by molar-refractivity contribution is 0.132. The minimum absolute atomic E-state index is 0.271. The largest absolute Gasteiger partial charge is 0.390 e. The number of benzene rings is 2. The lowest BCUT2D eigenvalue weighted by Gasteiger charge is -1.99. The molecule has 0 saturated carbocycles. The Labute approximate surface area is 110 Å². The first-order valence-electron chi connectivity index (χ1n) is 5.32. The summed E-state index contributed by atoms with van der Waals surface area (Å²) in [5, 5.41) is 4.32. The lowest BCUT2D eigenvalue weighted by Crippen LogP contribution is -1.88. The summed E-state index contributed by atoms with van der Waals surface area (Å²) in [5.74, 6) is -0.271. The Hall–Kier alpha value is -1.87. The zero-order valence-corrected chi connectivity index (χ0v) is 10.2. The molecule has 0 fully saturated rings. The van der Waals surface area contributed by atoms with E-state index in [1.54, 1.807) is 30.3 Å². The molecule has 0 aliphatic rings. The fourth-order valence-corrected chi connectivity index (χ4v) is 1.52. The van der Waals surface area contributed by atoms with Gasteiger partial charge in [-0.15, -0.1) is 0 Å². The van der Waals surface area contributed by atoms with Crippen LogP contribution in [0.5, 0.6) is 0 Å². The van der Waals surface area contributed by atoms with Gasteiger partial charge < -0.3 is 4.84 Å². The molecule has 91 valence electrons. The van der Waals surface area contributed by atoms with Crippen LogP contribution in [-0.2, 0) is 11.4 Å². The van der Waals surface area contributed by atoms with E-state index in [0.717, 1.165) is 11.1 Å². The molecule has 0 aliphatic heterocycles. The molecule has 2 nitrogen and oxygen atoms in total. The Balaban J connectivity index is 1.87. The second-order valence-electron chi connectivity index (χ2n) is 3.61. The standard InChI is InChI=1S/C14H10ClFNO/c15-13-3-1-2-12(8-13)9-17-18-10-11-4-6-14(16)7-5-11/h1-8H,10H2. The highest BCUT2D eigenvalue weighted by atomic mass is 35.5. The molecule has 2 aromatic carbocycles. The van der Waals surface area contributed by atoms with Gasteiger partial charge in [-0.2, -0.15) is 0 Å². The van der Waals surface area contributed by atoms with Gasteiger partial charge in [0.05, 0.1) is 0 Å². The van der Waals surface area contributed by atoms with Crippen molar-refractivity contribution in [2.45, 2.75) is 6.61 Å². The monoisotopic (exact) mass is 262 g/mol. The number of nitrogens with zero attached hydrogens (tertiary/aromatic N) is 1. The van der Waals surface area contributed by atoms with E-state index in [4.69, 9.17) is 16.4 Å². The summed E-state index contributed by atoms with van der Waals surface area (Å²) in [6.07, 6.45) is 2.71. The van der Waals surface area contributed by atoms with E-state index in [1.807, 2.05) is 6.07 Å². The first-order chi connectivity index (χ1) is 8.74. The molecule has 0 amide bonds. The van der Waals surface area contributed by atoms with E-state index in [2.05, 4.69) is 11.4 Å². The normalized spacial score (nSPS) is 10.8. The van der Waals surface area contributed by atoms with Gasteiger partial charge in [0.1, 0.15) is 18.6 Å². The number of hydrogen-bond donors (Lipinski definition) is 0. The minimum atomic E-state index is -0.271. The third kappa shape index (κ3) is 3.86. The second-order valence-corrected chi connectivity index (χ2v) is 4.05. The van der Waals surface area contributed by atoms with E-state index < -0.39 is 0 Å². The van der Waals surface area contributed by atoms with E-state index in [9.17, 15) is 4.39 Å². The van der Waals surface area contributed by atoms with Crippen molar-refractivity contribution in [3.05, 3.63) is 70.5 Å². The molecule has 4 heteroatoms. The van der Waals surface area contributed by atoms with Gasteiger partial charge in [-0.1, -0.05) is 41.0 Å². The molecule has 1 radical (unpaired) electrons. The van der Waals surface area contributed by atoms with Gasteiger partial charge in [0.15, 0.2) is 0 Å². The molecule has 0 heterocycles. The summed E-state index contributed by atoms with van der Waals surface area (Å²) in [5.41, 5.74) is 1.58. The Morgan fingerprint density at radius 2 is 1.94 bits per heavy atom. The highest BCUT2D eigenvalue weighted by Crippen LogP contribution is 2.09. The number of halogens is 2. The summed E-state index contributed by atoms with van der Waals surface area (Å²) < 4.78 is 12.6. The van der Waals surface area contributed by atoms with Gasteiger partial charge in [0.25, 0.3) is 0 Å². The maximum atomic E-state index is 12.6. The van der Waals surface area contributed by atoms with Crippen molar-refractivity contribution < 1.29 is 9.23 Å². The summed E-state index contributed by atoms with van der Waals surface area (Å²) >= 11 is 5.81. The zero-order chi connectivity index (χ0) is 12.8. The molecule has 2 aromatic rings. The van der Waals surface area contributed by atoms with Crippen molar-refractivity contribution in [1.29, 1.82) is 0 Å². The Morgan fingerprint density at radius 3 is 2.67 bits per heavy atom. The molecule has 0 bridgehead atoms. The Bertz CT molecular complexity index is 540. The van der Waals surface area contributed by atoms with Gasteiger partial charge in [0, 0.05) is 10.6 Å². The number of hydrogen-bond acceptors (Lipinski definition) is 2. The first-order valence-corrected chi connectivity index (χ1v) is 5.70. The van der Waals surface area contributed by atoms with Crippen molar-refractivity contribution in [3.8, 4) is 0 Å². The van der Waals surface area contributed by atoms with E-state index >= 15 is 0 Å². The third-order valence-corrected chi connectivity index (χ3v) is 2.44. The van der Waals surface area contributed by atoms with Crippen LogP contribution in [0, 0.1) is 5.82 Å². The lowest BCUT2D eigenvalue weighted by atomic mass is 10.2. The van der Waals surface area contributed by atoms with Gasteiger partial charge in [-0.3, -0.25) is 0 Å². The van der Waals surface area contributed by atoms with E-state index in [0.29, 0.717) is 5.02 Å². The van der Waals surface area contributed by atoms with Crippen molar-refractivity contribution in [1.82, 2.24) is 0 Å². The van der Waals surface area contributed by atoms with Crippen LogP contribution >= 0.6 is 11.6 Å². The Morgan fingerprint density at radius 1 is 1.17 bits per heavy atom. The molecule has 0 aliphatic carbocycles. The number of rotatable bonds is 4. The van der Waals surface area contributed by atoms with Crippen molar-refractivity contribution in [3.63, 3.8) is 0 Å². The predicted molar refractivity (Wildman–Crippen MR) is 69.2 cm³/mol. The van der Waals surface area contributed by atoms with Gasteiger partial charge >= 0.3 is 0 Å². The van der Waals surface area contributed by atoms with Crippen LogP contribution in [0.1, 0.15) is 11.1 Å². The molecule has 18 heavy (non-hydrogen) atoms. The summed E-state index contributed by atoms with van der Waals surface area (Å²) in [6.45, 7) is 0.272. The zero-order valence-electron chi connectivity index (χ0n) is 9.44.